The number of halogens is 2. The van der Waals surface area contributed by atoms with Gasteiger partial charge in [0, 0.05) is 29.5 Å². The van der Waals surface area contributed by atoms with Crippen molar-refractivity contribution < 1.29 is 18.3 Å². The summed E-state index contributed by atoms with van der Waals surface area (Å²) >= 11 is 6.55. The van der Waals surface area contributed by atoms with Crippen LogP contribution in [0.5, 0.6) is 0 Å². The summed E-state index contributed by atoms with van der Waals surface area (Å²) in [5.41, 5.74) is 5.40. The third-order valence-electron chi connectivity index (χ3n) is 4.92. The lowest BCUT2D eigenvalue weighted by Crippen LogP contribution is -2.16. The summed E-state index contributed by atoms with van der Waals surface area (Å²) in [6.07, 6.45) is 1.41. The summed E-state index contributed by atoms with van der Waals surface area (Å²) in [6, 6.07) is 11.8. The van der Waals surface area contributed by atoms with Crippen molar-refractivity contribution in [2.24, 2.45) is 5.10 Å². The number of furan rings is 1. The normalized spacial score (nSPS) is 11.7. The first-order valence-electron chi connectivity index (χ1n) is 9.86. The van der Waals surface area contributed by atoms with Crippen LogP contribution in [0.3, 0.4) is 0 Å². The number of ether oxygens (including phenoxy) is 1. The third-order valence-corrected chi connectivity index (χ3v) is 5.33. The minimum Gasteiger partial charge on any atom is -0.451 e. The molecule has 31 heavy (non-hydrogen) atoms. The highest BCUT2D eigenvalue weighted by Gasteiger charge is 2.16. The summed E-state index contributed by atoms with van der Waals surface area (Å²) in [5.74, 6) is -0.732. The summed E-state index contributed by atoms with van der Waals surface area (Å²) < 4.78 is 26.7. The SMILES string of the molecule is CCOCCn1c(Cl)c(/C=N/NC(=O)c2cc3cc(C)ccc3o2)c2cc(F)ccc21. The monoisotopic (exact) mass is 441 g/mol. The lowest BCUT2D eigenvalue weighted by atomic mass is 10.2. The van der Waals surface area contributed by atoms with E-state index < -0.39 is 5.91 Å². The van der Waals surface area contributed by atoms with Gasteiger partial charge in [-0.2, -0.15) is 5.10 Å². The van der Waals surface area contributed by atoms with Gasteiger partial charge in [0.25, 0.3) is 0 Å². The zero-order chi connectivity index (χ0) is 22.0. The first-order valence-corrected chi connectivity index (χ1v) is 10.2. The number of aryl methyl sites for hydroxylation is 1. The molecular formula is C23H21ClFN3O3. The van der Waals surface area contributed by atoms with E-state index in [9.17, 15) is 9.18 Å². The van der Waals surface area contributed by atoms with Crippen LogP contribution in [0, 0.1) is 12.7 Å². The molecule has 0 aliphatic heterocycles. The highest BCUT2D eigenvalue weighted by molar-refractivity contribution is 6.34. The van der Waals surface area contributed by atoms with Crippen molar-refractivity contribution in [3.8, 4) is 0 Å². The molecule has 2 aromatic carbocycles. The van der Waals surface area contributed by atoms with E-state index in [1.54, 1.807) is 12.1 Å². The molecule has 0 atom stereocenters. The van der Waals surface area contributed by atoms with Crippen LogP contribution in [0.15, 0.2) is 52.0 Å². The maximum absolute atomic E-state index is 13.9. The average molecular weight is 442 g/mol. The second-order valence-corrected chi connectivity index (χ2v) is 7.42. The number of carbonyl (C=O) groups is 1. The van der Waals surface area contributed by atoms with Crippen molar-refractivity contribution in [3.05, 3.63) is 70.3 Å². The first kappa shape index (κ1) is 21.1. The van der Waals surface area contributed by atoms with Crippen LogP contribution in [-0.2, 0) is 11.3 Å². The smallest absolute Gasteiger partial charge is 0.307 e. The van der Waals surface area contributed by atoms with Gasteiger partial charge < -0.3 is 13.7 Å². The highest BCUT2D eigenvalue weighted by Crippen LogP contribution is 2.29. The first-order chi connectivity index (χ1) is 15.0. The van der Waals surface area contributed by atoms with E-state index in [2.05, 4.69) is 10.5 Å². The minimum atomic E-state index is -0.493. The van der Waals surface area contributed by atoms with Gasteiger partial charge in [-0.05, 0) is 50.2 Å². The maximum Gasteiger partial charge on any atom is 0.307 e. The molecule has 0 unspecified atom stereocenters. The summed E-state index contributed by atoms with van der Waals surface area (Å²) in [6.45, 7) is 5.44. The Morgan fingerprint density at radius 3 is 2.94 bits per heavy atom. The number of hydrogen-bond donors (Lipinski definition) is 1. The molecule has 0 saturated carbocycles. The number of hydrazone groups is 1. The molecule has 2 aromatic heterocycles. The second kappa shape index (κ2) is 8.91. The molecule has 0 spiro atoms. The Kier molecular flexibility index (Phi) is 6.06. The maximum atomic E-state index is 13.9. The second-order valence-electron chi connectivity index (χ2n) is 7.07. The van der Waals surface area contributed by atoms with E-state index in [1.807, 2.05) is 36.6 Å². The Morgan fingerprint density at radius 1 is 1.29 bits per heavy atom. The number of fused-ring (bicyclic) bond motifs is 2. The molecule has 0 saturated heterocycles. The van der Waals surface area contributed by atoms with Crippen molar-refractivity contribution in [2.75, 3.05) is 13.2 Å². The number of nitrogens with one attached hydrogen (secondary N) is 1. The van der Waals surface area contributed by atoms with Crippen LogP contribution in [0.4, 0.5) is 4.39 Å². The number of amides is 1. The number of hydrogen-bond acceptors (Lipinski definition) is 4. The van der Waals surface area contributed by atoms with Crippen LogP contribution in [0.1, 0.15) is 28.6 Å². The molecule has 160 valence electrons. The molecule has 0 bridgehead atoms. The molecule has 0 aliphatic carbocycles. The van der Waals surface area contributed by atoms with Gasteiger partial charge in [0.1, 0.15) is 16.6 Å². The van der Waals surface area contributed by atoms with Gasteiger partial charge in [0.05, 0.1) is 18.3 Å². The molecule has 2 heterocycles. The predicted octanol–water partition coefficient (Wildman–Crippen LogP) is 5.29. The van der Waals surface area contributed by atoms with Gasteiger partial charge in [-0.3, -0.25) is 4.79 Å². The summed E-state index contributed by atoms with van der Waals surface area (Å²) in [5, 5.41) is 5.84. The lowest BCUT2D eigenvalue weighted by Gasteiger charge is -2.07. The Hall–Kier alpha value is -3.16. The third kappa shape index (κ3) is 4.33. The lowest BCUT2D eigenvalue weighted by molar-refractivity contribution is 0.0929. The van der Waals surface area contributed by atoms with E-state index in [1.165, 1.54) is 18.3 Å². The summed E-state index contributed by atoms with van der Waals surface area (Å²) in [7, 11) is 0. The fraction of sp³-hybridized carbons (Fsp3) is 0.217. The zero-order valence-electron chi connectivity index (χ0n) is 17.1. The quantitative estimate of drug-likeness (QED) is 0.241. The Bertz CT molecular complexity index is 1290. The van der Waals surface area contributed by atoms with Crippen molar-refractivity contribution in [1.82, 2.24) is 9.99 Å². The largest absolute Gasteiger partial charge is 0.451 e. The predicted molar refractivity (Wildman–Crippen MR) is 119 cm³/mol. The summed E-state index contributed by atoms with van der Waals surface area (Å²) in [4.78, 5) is 12.4. The Labute approximate surface area is 183 Å². The van der Waals surface area contributed by atoms with Gasteiger partial charge in [0.15, 0.2) is 5.76 Å². The standard InChI is InChI=1S/C23H21ClFN3O3/c1-3-30-9-8-28-19-6-5-16(25)12-17(19)18(22(28)24)13-26-27-23(29)21-11-15-10-14(2)4-7-20(15)31-21/h4-7,10-13H,3,8-9H2,1-2H3,(H,27,29)/b26-13+. The molecule has 8 heteroatoms. The van der Waals surface area contributed by atoms with E-state index in [0.29, 0.717) is 41.4 Å². The molecular weight excluding hydrogens is 421 g/mol. The average Bonchev–Trinajstić information content (AvgIpc) is 3.27. The van der Waals surface area contributed by atoms with E-state index in [4.69, 9.17) is 20.8 Å². The van der Waals surface area contributed by atoms with Gasteiger partial charge in [-0.15, -0.1) is 0 Å². The minimum absolute atomic E-state index is 0.147. The van der Waals surface area contributed by atoms with Crippen LogP contribution in [0.2, 0.25) is 5.15 Å². The van der Waals surface area contributed by atoms with Crippen LogP contribution < -0.4 is 5.43 Å². The molecule has 1 amide bonds. The van der Waals surface area contributed by atoms with Crippen molar-refractivity contribution in [1.29, 1.82) is 0 Å². The van der Waals surface area contributed by atoms with E-state index in [0.717, 1.165) is 16.5 Å². The number of nitrogens with zero attached hydrogens (tertiary/aromatic N) is 2. The Balaban J connectivity index is 1.58. The van der Waals surface area contributed by atoms with Crippen molar-refractivity contribution >= 4 is 45.6 Å². The van der Waals surface area contributed by atoms with Gasteiger partial charge in [-0.25, -0.2) is 9.82 Å². The topological polar surface area (TPSA) is 68.8 Å². The Morgan fingerprint density at radius 2 is 2.13 bits per heavy atom. The fourth-order valence-electron chi connectivity index (χ4n) is 3.45. The van der Waals surface area contributed by atoms with Crippen LogP contribution >= 0.6 is 11.6 Å². The van der Waals surface area contributed by atoms with Crippen molar-refractivity contribution in [3.63, 3.8) is 0 Å². The number of benzene rings is 2. The van der Waals surface area contributed by atoms with Crippen molar-refractivity contribution in [2.45, 2.75) is 20.4 Å². The number of carbonyl (C=O) groups excluding carboxylic acids is 1. The molecule has 4 aromatic rings. The van der Waals surface area contributed by atoms with E-state index >= 15 is 0 Å². The van der Waals surface area contributed by atoms with Gasteiger partial charge >= 0.3 is 5.91 Å². The van der Waals surface area contributed by atoms with E-state index in [-0.39, 0.29) is 11.6 Å². The number of rotatable bonds is 7. The molecule has 0 radical (unpaired) electrons. The zero-order valence-corrected chi connectivity index (χ0v) is 17.9. The van der Waals surface area contributed by atoms with Crippen LogP contribution in [-0.4, -0.2) is 29.9 Å². The number of aromatic nitrogens is 1. The van der Waals surface area contributed by atoms with Crippen LogP contribution in [0.25, 0.3) is 21.9 Å². The molecule has 0 aliphatic rings. The highest BCUT2D eigenvalue weighted by atomic mass is 35.5. The molecule has 1 N–H and O–H groups in total. The van der Waals surface area contributed by atoms with Gasteiger partial charge in [0.2, 0.25) is 0 Å². The molecule has 6 nitrogen and oxygen atoms in total. The molecule has 4 rings (SSSR count). The van der Waals surface area contributed by atoms with Gasteiger partial charge in [-0.1, -0.05) is 23.2 Å². The molecule has 0 fully saturated rings. The fourth-order valence-corrected chi connectivity index (χ4v) is 3.77.